The van der Waals surface area contributed by atoms with Gasteiger partial charge in [-0.05, 0) is 12.5 Å². The quantitative estimate of drug-likeness (QED) is 0.837. The molecule has 0 bridgehead atoms. The van der Waals surface area contributed by atoms with E-state index in [1.54, 1.807) is 6.92 Å². The minimum atomic E-state index is -0.467. The zero-order valence-electron chi connectivity index (χ0n) is 9.53. The molecule has 1 aliphatic heterocycles. The van der Waals surface area contributed by atoms with E-state index in [1.165, 1.54) is 0 Å². The molecule has 1 unspecified atom stereocenters. The molecule has 3 nitrogen and oxygen atoms in total. The van der Waals surface area contributed by atoms with Gasteiger partial charge in [0.2, 0.25) is 0 Å². The smallest absolute Gasteiger partial charge is 0.133 e. The first-order chi connectivity index (χ1) is 7.73. The van der Waals surface area contributed by atoms with Gasteiger partial charge in [-0.25, -0.2) is 0 Å². The van der Waals surface area contributed by atoms with Gasteiger partial charge in [0.25, 0.3) is 0 Å². The van der Waals surface area contributed by atoms with Crippen molar-refractivity contribution >= 4 is 5.78 Å². The molecular formula is C13H17NO2. The average molecular weight is 219 g/mol. The number of morpholine rings is 1. The van der Waals surface area contributed by atoms with Crippen LogP contribution in [0, 0.1) is 0 Å². The first-order valence-corrected chi connectivity index (χ1v) is 5.63. The van der Waals surface area contributed by atoms with Crippen molar-refractivity contribution in [1.29, 1.82) is 0 Å². The second kappa shape index (κ2) is 4.76. The van der Waals surface area contributed by atoms with Crippen molar-refractivity contribution in [1.82, 2.24) is 5.32 Å². The highest BCUT2D eigenvalue weighted by atomic mass is 16.5. The molecule has 0 aromatic heterocycles. The van der Waals surface area contributed by atoms with Gasteiger partial charge in [0.1, 0.15) is 11.4 Å². The van der Waals surface area contributed by atoms with Crippen LogP contribution in [-0.2, 0) is 15.1 Å². The maximum absolute atomic E-state index is 11.4. The van der Waals surface area contributed by atoms with Gasteiger partial charge in [-0.15, -0.1) is 0 Å². The predicted molar refractivity (Wildman–Crippen MR) is 62.2 cm³/mol. The molecule has 1 heterocycles. The lowest BCUT2D eigenvalue weighted by atomic mass is 9.87. The summed E-state index contributed by atoms with van der Waals surface area (Å²) in [7, 11) is 0. The minimum Gasteiger partial charge on any atom is -0.367 e. The van der Waals surface area contributed by atoms with Gasteiger partial charge < -0.3 is 10.1 Å². The summed E-state index contributed by atoms with van der Waals surface area (Å²) in [4.78, 5) is 11.4. The van der Waals surface area contributed by atoms with Crippen LogP contribution in [0.2, 0.25) is 0 Å². The largest absolute Gasteiger partial charge is 0.367 e. The zero-order chi connectivity index (χ0) is 11.4. The summed E-state index contributed by atoms with van der Waals surface area (Å²) >= 11 is 0. The minimum absolute atomic E-state index is 0.160. The van der Waals surface area contributed by atoms with Gasteiger partial charge in [-0.1, -0.05) is 30.3 Å². The van der Waals surface area contributed by atoms with Gasteiger partial charge in [0.05, 0.1) is 6.61 Å². The highest BCUT2D eigenvalue weighted by Crippen LogP contribution is 2.30. The second-order valence-corrected chi connectivity index (χ2v) is 4.26. The first-order valence-electron chi connectivity index (χ1n) is 5.63. The Morgan fingerprint density at radius 3 is 2.75 bits per heavy atom. The van der Waals surface area contributed by atoms with Crippen LogP contribution in [-0.4, -0.2) is 25.5 Å². The maximum Gasteiger partial charge on any atom is 0.133 e. The zero-order valence-corrected chi connectivity index (χ0v) is 9.53. The number of ketones is 1. The van der Waals surface area contributed by atoms with Crippen molar-refractivity contribution < 1.29 is 9.53 Å². The molecule has 1 fully saturated rings. The van der Waals surface area contributed by atoms with Crippen molar-refractivity contribution in [2.24, 2.45) is 0 Å². The van der Waals surface area contributed by atoms with E-state index < -0.39 is 5.60 Å². The molecule has 1 atom stereocenters. The van der Waals surface area contributed by atoms with Crippen LogP contribution in [0.1, 0.15) is 18.9 Å². The van der Waals surface area contributed by atoms with E-state index in [4.69, 9.17) is 4.74 Å². The average Bonchev–Trinajstić information content (AvgIpc) is 2.30. The van der Waals surface area contributed by atoms with Crippen LogP contribution in [0.5, 0.6) is 0 Å². The molecule has 86 valence electrons. The van der Waals surface area contributed by atoms with Gasteiger partial charge in [0.15, 0.2) is 0 Å². The summed E-state index contributed by atoms with van der Waals surface area (Å²) < 4.78 is 5.88. The van der Waals surface area contributed by atoms with Crippen LogP contribution in [0.25, 0.3) is 0 Å². The van der Waals surface area contributed by atoms with E-state index in [9.17, 15) is 4.79 Å². The van der Waals surface area contributed by atoms with Crippen LogP contribution in [0.4, 0.5) is 0 Å². The normalized spacial score (nSPS) is 25.3. The topological polar surface area (TPSA) is 38.3 Å². The third kappa shape index (κ3) is 2.31. The van der Waals surface area contributed by atoms with Crippen LogP contribution in [0.3, 0.4) is 0 Å². The molecule has 0 saturated carbocycles. The molecule has 3 heteroatoms. The Kier molecular flexibility index (Phi) is 3.36. The Balaban J connectivity index is 2.29. The summed E-state index contributed by atoms with van der Waals surface area (Å²) in [5.74, 6) is 0.160. The maximum atomic E-state index is 11.4. The summed E-state index contributed by atoms with van der Waals surface area (Å²) in [6, 6.07) is 9.98. The fourth-order valence-electron chi connectivity index (χ4n) is 2.20. The number of ether oxygens (including phenoxy) is 1. The van der Waals surface area contributed by atoms with E-state index >= 15 is 0 Å². The Hall–Kier alpha value is -1.19. The fraction of sp³-hybridized carbons (Fsp3) is 0.462. The predicted octanol–water partition coefficient (Wildman–Crippen LogP) is 1.48. The van der Waals surface area contributed by atoms with Gasteiger partial charge in [-0.2, -0.15) is 0 Å². The van der Waals surface area contributed by atoms with Crippen LogP contribution < -0.4 is 5.32 Å². The lowest BCUT2D eigenvalue weighted by Gasteiger charge is -2.37. The highest BCUT2D eigenvalue weighted by Gasteiger charge is 2.36. The summed E-state index contributed by atoms with van der Waals surface area (Å²) in [6.07, 6.45) is 0.435. The van der Waals surface area contributed by atoms with Crippen LogP contribution >= 0.6 is 0 Å². The molecule has 16 heavy (non-hydrogen) atoms. The van der Waals surface area contributed by atoms with Crippen molar-refractivity contribution in [2.75, 3.05) is 19.7 Å². The second-order valence-electron chi connectivity index (χ2n) is 4.26. The van der Waals surface area contributed by atoms with E-state index in [2.05, 4.69) is 5.32 Å². The third-order valence-electron chi connectivity index (χ3n) is 2.90. The highest BCUT2D eigenvalue weighted by molar-refractivity contribution is 5.77. The van der Waals surface area contributed by atoms with Crippen molar-refractivity contribution in [3.05, 3.63) is 35.9 Å². The standard InChI is InChI=1S/C13H17NO2/c1-11(15)9-13(10-14-7-8-16-13)12-5-3-2-4-6-12/h2-6,14H,7-10H2,1H3. The lowest BCUT2D eigenvalue weighted by molar-refractivity contribution is -0.129. The number of hydrogen-bond acceptors (Lipinski definition) is 3. The molecular weight excluding hydrogens is 202 g/mol. The first kappa shape index (κ1) is 11.3. The van der Waals surface area contributed by atoms with Crippen molar-refractivity contribution in [3.8, 4) is 0 Å². The number of carbonyl (C=O) groups is 1. The van der Waals surface area contributed by atoms with E-state index in [0.29, 0.717) is 19.6 Å². The van der Waals surface area contributed by atoms with Gasteiger partial charge in [0, 0.05) is 19.5 Å². The number of hydrogen-bond donors (Lipinski definition) is 1. The number of nitrogens with one attached hydrogen (secondary N) is 1. The van der Waals surface area contributed by atoms with E-state index in [-0.39, 0.29) is 5.78 Å². The molecule has 0 amide bonds. The molecule has 0 spiro atoms. The molecule has 1 aliphatic rings. The number of Topliss-reactive ketones (excluding diaryl/α,β-unsaturated/α-hetero) is 1. The molecule has 1 aromatic rings. The Labute approximate surface area is 95.8 Å². The lowest BCUT2D eigenvalue weighted by Crippen LogP contribution is -2.48. The molecule has 0 aliphatic carbocycles. The summed E-state index contributed by atoms with van der Waals surface area (Å²) in [6.45, 7) is 3.83. The molecule has 1 aromatic carbocycles. The summed E-state index contributed by atoms with van der Waals surface area (Å²) in [5.41, 5.74) is 0.614. The van der Waals surface area contributed by atoms with Crippen molar-refractivity contribution in [3.63, 3.8) is 0 Å². The molecule has 0 radical (unpaired) electrons. The molecule has 2 rings (SSSR count). The van der Waals surface area contributed by atoms with Gasteiger partial charge in [-0.3, -0.25) is 4.79 Å². The van der Waals surface area contributed by atoms with E-state index in [1.807, 2.05) is 30.3 Å². The number of benzene rings is 1. The van der Waals surface area contributed by atoms with Crippen molar-refractivity contribution in [2.45, 2.75) is 18.9 Å². The SMILES string of the molecule is CC(=O)CC1(c2ccccc2)CNCCO1. The number of carbonyl (C=O) groups excluding carboxylic acids is 1. The third-order valence-corrected chi connectivity index (χ3v) is 2.90. The Bertz CT molecular complexity index is 355. The van der Waals surface area contributed by atoms with Gasteiger partial charge >= 0.3 is 0 Å². The number of rotatable bonds is 3. The molecule has 1 N–H and O–H groups in total. The fourth-order valence-corrected chi connectivity index (χ4v) is 2.20. The van der Waals surface area contributed by atoms with E-state index in [0.717, 1.165) is 12.1 Å². The summed E-state index contributed by atoms with van der Waals surface area (Å²) in [5, 5.41) is 3.30. The van der Waals surface area contributed by atoms with Crippen LogP contribution in [0.15, 0.2) is 30.3 Å². The Morgan fingerprint density at radius 1 is 1.44 bits per heavy atom. The monoisotopic (exact) mass is 219 g/mol. The Morgan fingerprint density at radius 2 is 2.19 bits per heavy atom. The molecule has 1 saturated heterocycles.